The summed E-state index contributed by atoms with van der Waals surface area (Å²) < 4.78 is 2.03. The van der Waals surface area contributed by atoms with Gasteiger partial charge in [0.25, 0.3) is 0 Å². The first-order valence-corrected chi connectivity index (χ1v) is 8.42. The van der Waals surface area contributed by atoms with Crippen molar-refractivity contribution < 1.29 is 0 Å². The number of nitrogens with zero attached hydrogens (tertiary/aromatic N) is 4. The molecule has 0 saturated carbocycles. The average molecular weight is 322 g/mol. The number of nitrogens with one attached hydrogen (secondary N) is 2. The van der Waals surface area contributed by atoms with Crippen molar-refractivity contribution in [1.29, 1.82) is 0 Å². The van der Waals surface area contributed by atoms with Crippen LogP contribution in [0.4, 0.5) is 0 Å². The fourth-order valence-corrected chi connectivity index (χ4v) is 3.27. The summed E-state index contributed by atoms with van der Waals surface area (Å²) >= 11 is 0. The Balaban J connectivity index is 1.44. The van der Waals surface area contributed by atoms with Crippen molar-refractivity contribution in [2.45, 2.75) is 45.8 Å². The number of aromatic nitrogens is 5. The maximum atomic E-state index is 4.47. The number of aromatic amines is 1. The van der Waals surface area contributed by atoms with E-state index in [1.807, 2.05) is 17.8 Å². The second-order valence-corrected chi connectivity index (χ2v) is 6.51. The smallest absolute Gasteiger partial charge is 0.147 e. The van der Waals surface area contributed by atoms with Crippen molar-refractivity contribution >= 4 is 0 Å². The predicted molar refractivity (Wildman–Crippen MR) is 92.5 cm³/mol. The fourth-order valence-electron chi connectivity index (χ4n) is 3.27. The van der Waals surface area contributed by atoms with E-state index in [0.29, 0.717) is 6.04 Å². The summed E-state index contributed by atoms with van der Waals surface area (Å²) in [4.78, 5) is 4.47. The lowest BCUT2D eigenvalue weighted by Crippen LogP contribution is -2.37. The molecule has 124 valence electrons. The zero-order chi connectivity index (χ0) is 16.5. The van der Waals surface area contributed by atoms with Crippen LogP contribution in [0.3, 0.4) is 0 Å². The lowest BCUT2D eigenvalue weighted by Gasteiger charge is -2.23. The van der Waals surface area contributed by atoms with Crippen LogP contribution in [0.25, 0.3) is 11.3 Å². The summed E-state index contributed by atoms with van der Waals surface area (Å²) in [5, 5.41) is 15.5. The van der Waals surface area contributed by atoms with Crippen LogP contribution in [-0.2, 0) is 19.5 Å². The Hall–Kier alpha value is -2.47. The number of rotatable bonds is 4. The first kappa shape index (κ1) is 15.1. The Morgan fingerprint density at radius 1 is 1.25 bits per heavy atom. The Kier molecular flexibility index (Phi) is 3.90. The Morgan fingerprint density at radius 3 is 2.92 bits per heavy atom. The van der Waals surface area contributed by atoms with Crippen molar-refractivity contribution in [2.24, 2.45) is 0 Å². The van der Waals surface area contributed by atoms with Gasteiger partial charge in [-0.2, -0.15) is 10.2 Å². The van der Waals surface area contributed by atoms with Crippen LogP contribution in [0.5, 0.6) is 0 Å². The molecule has 2 aromatic heterocycles. The minimum absolute atomic E-state index is 0.416. The highest BCUT2D eigenvalue weighted by Gasteiger charge is 2.21. The van der Waals surface area contributed by atoms with E-state index in [4.69, 9.17) is 0 Å². The summed E-state index contributed by atoms with van der Waals surface area (Å²) in [6.07, 6.45) is 3.99. The molecular formula is C18H22N6. The predicted octanol–water partition coefficient (Wildman–Crippen LogP) is 2.39. The molecule has 6 nitrogen and oxygen atoms in total. The van der Waals surface area contributed by atoms with Crippen molar-refractivity contribution in [3.8, 4) is 11.3 Å². The summed E-state index contributed by atoms with van der Waals surface area (Å²) in [6, 6.07) is 8.94. The average Bonchev–Trinajstić information content (AvgIpc) is 3.18. The van der Waals surface area contributed by atoms with Crippen LogP contribution in [0.1, 0.15) is 29.2 Å². The third kappa shape index (κ3) is 2.97. The minimum atomic E-state index is 0.416. The van der Waals surface area contributed by atoms with Crippen LogP contribution in [0.2, 0.25) is 0 Å². The lowest BCUT2D eigenvalue weighted by molar-refractivity contribution is 0.358. The lowest BCUT2D eigenvalue weighted by atomic mass is 10.0. The SMILES string of the molecule is Cc1ccc(-c2[nH]ncc2CN[C@@H]2CCc3nc(C)nn3C2)cc1. The van der Waals surface area contributed by atoms with Gasteiger partial charge < -0.3 is 5.32 Å². The van der Waals surface area contributed by atoms with E-state index in [1.54, 1.807) is 0 Å². The number of hydrogen-bond donors (Lipinski definition) is 2. The third-order valence-corrected chi connectivity index (χ3v) is 4.60. The highest BCUT2D eigenvalue weighted by molar-refractivity contribution is 5.62. The second-order valence-electron chi connectivity index (χ2n) is 6.51. The van der Waals surface area contributed by atoms with Gasteiger partial charge in [-0.1, -0.05) is 29.8 Å². The van der Waals surface area contributed by atoms with Gasteiger partial charge in [-0.15, -0.1) is 0 Å². The molecule has 24 heavy (non-hydrogen) atoms. The quantitative estimate of drug-likeness (QED) is 0.774. The Labute approximate surface area is 141 Å². The standard InChI is InChI=1S/C18H22N6/c1-12-3-5-14(6-4-12)18-15(10-20-22-18)9-19-16-7-8-17-21-13(2)23-24(17)11-16/h3-6,10,16,19H,7-9,11H2,1-2H3,(H,20,22)/t16-/m1/s1. The topological polar surface area (TPSA) is 71.4 Å². The first-order chi connectivity index (χ1) is 11.7. The van der Waals surface area contributed by atoms with Crippen LogP contribution in [0, 0.1) is 13.8 Å². The summed E-state index contributed by atoms with van der Waals surface area (Å²) in [7, 11) is 0. The van der Waals surface area contributed by atoms with E-state index < -0.39 is 0 Å². The van der Waals surface area contributed by atoms with E-state index in [0.717, 1.165) is 43.3 Å². The van der Waals surface area contributed by atoms with Gasteiger partial charge in [0.05, 0.1) is 18.4 Å². The maximum absolute atomic E-state index is 4.47. The molecule has 1 atom stereocenters. The maximum Gasteiger partial charge on any atom is 0.147 e. The molecule has 2 N–H and O–H groups in total. The molecule has 3 heterocycles. The summed E-state index contributed by atoms with van der Waals surface area (Å²) in [6.45, 7) is 5.73. The molecule has 0 unspecified atom stereocenters. The van der Waals surface area contributed by atoms with E-state index in [9.17, 15) is 0 Å². The van der Waals surface area contributed by atoms with Gasteiger partial charge >= 0.3 is 0 Å². The van der Waals surface area contributed by atoms with E-state index in [2.05, 4.69) is 56.8 Å². The minimum Gasteiger partial charge on any atom is -0.308 e. The zero-order valence-corrected chi connectivity index (χ0v) is 14.1. The molecule has 1 aliphatic rings. The monoisotopic (exact) mass is 322 g/mol. The molecule has 0 fully saturated rings. The Bertz CT molecular complexity index is 830. The zero-order valence-electron chi connectivity index (χ0n) is 14.1. The number of aryl methyl sites for hydroxylation is 3. The van der Waals surface area contributed by atoms with Crippen LogP contribution in [0.15, 0.2) is 30.5 Å². The molecule has 3 aromatic rings. The molecule has 1 aromatic carbocycles. The summed E-state index contributed by atoms with van der Waals surface area (Å²) in [5.41, 5.74) is 4.72. The van der Waals surface area contributed by atoms with Gasteiger partial charge in [0.15, 0.2) is 0 Å². The highest BCUT2D eigenvalue weighted by atomic mass is 15.4. The number of H-pyrrole nitrogens is 1. The number of benzene rings is 1. The molecule has 0 aliphatic carbocycles. The van der Waals surface area contributed by atoms with Gasteiger partial charge in [0.1, 0.15) is 11.6 Å². The van der Waals surface area contributed by atoms with E-state index >= 15 is 0 Å². The molecule has 0 spiro atoms. The molecular weight excluding hydrogens is 300 g/mol. The first-order valence-electron chi connectivity index (χ1n) is 8.42. The largest absolute Gasteiger partial charge is 0.308 e. The molecule has 0 saturated heterocycles. The molecule has 0 amide bonds. The van der Waals surface area contributed by atoms with Crippen molar-refractivity contribution in [1.82, 2.24) is 30.3 Å². The summed E-state index contributed by atoms with van der Waals surface area (Å²) in [5.74, 6) is 1.97. The molecule has 0 radical (unpaired) electrons. The number of hydrogen-bond acceptors (Lipinski definition) is 4. The molecule has 1 aliphatic heterocycles. The Morgan fingerprint density at radius 2 is 2.08 bits per heavy atom. The van der Waals surface area contributed by atoms with Crippen molar-refractivity contribution in [3.63, 3.8) is 0 Å². The fraction of sp³-hybridized carbons (Fsp3) is 0.389. The van der Waals surface area contributed by atoms with Crippen molar-refractivity contribution in [2.75, 3.05) is 0 Å². The van der Waals surface area contributed by atoms with Crippen LogP contribution >= 0.6 is 0 Å². The van der Waals surface area contributed by atoms with Crippen LogP contribution in [-0.4, -0.2) is 31.0 Å². The van der Waals surface area contributed by atoms with Gasteiger partial charge in [0, 0.05) is 24.6 Å². The highest BCUT2D eigenvalue weighted by Crippen LogP contribution is 2.22. The van der Waals surface area contributed by atoms with E-state index in [1.165, 1.54) is 16.7 Å². The second kappa shape index (κ2) is 6.20. The van der Waals surface area contributed by atoms with Gasteiger partial charge in [-0.05, 0) is 25.8 Å². The van der Waals surface area contributed by atoms with Gasteiger partial charge in [0.2, 0.25) is 0 Å². The van der Waals surface area contributed by atoms with Gasteiger partial charge in [-0.3, -0.25) is 5.10 Å². The molecule has 4 rings (SSSR count). The molecule has 6 heteroatoms. The van der Waals surface area contributed by atoms with E-state index in [-0.39, 0.29) is 0 Å². The molecule has 0 bridgehead atoms. The normalized spacial score (nSPS) is 17.0. The van der Waals surface area contributed by atoms with Gasteiger partial charge in [-0.25, -0.2) is 9.67 Å². The van der Waals surface area contributed by atoms with Crippen molar-refractivity contribution in [3.05, 3.63) is 53.2 Å². The number of fused-ring (bicyclic) bond motifs is 1. The van der Waals surface area contributed by atoms with Crippen LogP contribution < -0.4 is 5.32 Å². The third-order valence-electron chi connectivity index (χ3n) is 4.60.